The smallest absolute Gasteiger partial charge is 0.339 e. The Balaban J connectivity index is 1.79. The van der Waals surface area contributed by atoms with Gasteiger partial charge in [0, 0.05) is 24.4 Å². The van der Waals surface area contributed by atoms with Crippen LogP contribution in [0.15, 0.2) is 65.6 Å². The molecule has 0 fully saturated rings. The lowest BCUT2D eigenvalue weighted by atomic mass is 10.1. The van der Waals surface area contributed by atoms with Gasteiger partial charge >= 0.3 is 10.1 Å². The molecule has 0 saturated heterocycles. The van der Waals surface area contributed by atoms with E-state index in [0.29, 0.717) is 28.3 Å². The molecule has 0 spiro atoms. The van der Waals surface area contributed by atoms with Crippen molar-refractivity contribution in [3.8, 4) is 17.2 Å². The third-order valence-electron chi connectivity index (χ3n) is 4.98. The van der Waals surface area contributed by atoms with Crippen LogP contribution < -0.4 is 18.6 Å². The number of aryl methyl sites for hydroxylation is 2. The number of carbonyl (C=O) groups is 1. The molecule has 0 aliphatic carbocycles. The Bertz CT molecular complexity index is 1240. The van der Waals surface area contributed by atoms with Gasteiger partial charge in [-0.05, 0) is 67.4 Å². The second-order valence-corrected chi connectivity index (χ2v) is 8.75. The van der Waals surface area contributed by atoms with Gasteiger partial charge in [0.05, 0.1) is 14.2 Å². The molecule has 0 atom stereocenters. The maximum atomic E-state index is 12.9. The summed E-state index contributed by atoms with van der Waals surface area (Å²) in [6.45, 7) is 3.52. The van der Waals surface area contributed by atoms with Gasteiger partial charge in [-0.15, -0.1) is 0 Å². The van der Waals surface area contributed by atoms with Gasteiger partial charge in [0.15, 0.2) is 11.5 Å². The van der Waals surface area contributed by atoms with E-state index in [4.69, 9.17) is 13.7 Å². The van der Waals surface area contributed by atoms with Crippen molar-refractivity contribution in [2.75, 3.05) is 26.2 Å². The fourth-order valence-electron chi connectivity index (χ4n) is 3.15. The second kappa shape index (κ2) is 9.32. The number of benzene rings is 3. The van der Waals surface area contributed by atoms with Crippen LogP contribution in [-0.2, 0) is 10.1 Å². The third-order valence-corrected chi connectivity index (χ3v) is 6.37. The van der Waals surface area contributed by atoms with Gasteiger partial charge in [-0.2, -0.15) is 8.42 Å². The van der Waals surface area contributed by atoms with Crippen molar-refractivity contribution in [3.05, 3.63) is 77.4 Å². The number of carbonyl (C=O) groups excluding carboxylic acids is 1. The van der Waals surface area contributed by atoms with Gasteiger partial charge < -0.3 is 18.6 Å². The number of hydrogen-bond donors (Lipinski definition) is 0. The molecule has 3 rings (SSSR count). The first kappa shape index (κ1) is 23.1. The van der Waals surface area contributed by atoms with Crippen LogP contribution >= 0.6 is 0 Å². The molecule has 0 bridgehead atoms. The second-order valence-electron chi connectivity index (χ2n) is 7.23. The fraction of sp³-hybridized carbons (Fsp3) is 0.208. The molecule has 0 aliphatic heterocycles. The summed E-state index contributed by atoms with van der Waals surface area (Å²) in [7, 11) is 0.704. The summed E-state index contributed by atoms with van der Waals surface area (Å²) in [6.07, 6.45) is 0. The van der Waals surface area contributed by atoms with Crippen LogP contribution in [0.25, 0.3) is 0 Å². The average molecular weight is 456 g/mol. The molecule has 3 aromatic rings. The van der Waals surface area contributed by atoms with Crippen LogP contribution in [0.5, 0.6) is 17.2 Å². The zero-order valence-corrected chi connectivity index (χ0v) is 19.4. The highest BCUT2D eigenvalue weighted by atomic mass is 32.2. The highest BCUT2D eigenvalue weighted by Gasteiger charge is 2.20. The molecule has 168 valence electrons. The molecule has 0 aliphatic rings. The minimum atomic E-state index is -3.99. The number of anilines is 1. The first-order chi connectivity index (χ1) is 15.2. The van der Waals surface area contributed by atoms with Crippen LogP contribution in [0.3, 0.4) is 0 Å². The highest BCUT2D eigenvalue weighted by molar-refractivity contribution is 7.87. The molecule has 32 heavy (non-hydrogen) atoms. The van der Waals surface area contributed by atoms with Crippen LogP contribution in [-0.4, -0.2) is 35.6 Å². The Kier molecular flexibility index (Phi) is 6.74. The van der Waals surface area contributed by atoms with Gasteiger partial charge in [-0.1, -0.05) is 12.1 Å². The van der Waals surface area contributed by atoms with Crippen LogP contribution in [0.1, 0.15) is 21.5 Å². The van der Waals surface area contributed by atoms with E-state index in [2.05, 4.69) is 0 Å². The van der Waals surface area contributed by atoms with E-state index in [1.165, 1.54) is 43.4 Å². The number of amides is 1. The van der Waals surface area contributed by atoms with Gasteiger partial charge in [0.25, 0.3) is 5.91 Å². The quantitative estimate of drug-likeness (QED) is 0.492. The molecule has 7 nitrogen and oxygen atoms in total. The van der Waals surface area contributed by atoms with E-state index in [1.54, 1.807) is 44.3 Å². The van der Waals surface area contributed by atoms with Crippen LogP contribution in [0.4, 0.5) is 5.69 Å². The number of hydrogen-bond acceptors (Lipinski definition) is 6. The van der Waals surface area contributed by atoms with E-state index in [1.807, 2.05) is 13.0 Å². The maximum Gasteiger partial charge on any atom is 0.339 e. The lowest BCUT2D eigenvalue weighted by Gasteiger charge is -2.19. The van der Waals surface area contributed by atoms with Crippen molar-refractivity contribution in [2.24, 2.45) is 0 Å². The highest BCUT2D eigenvalue weighted by Crippen LogP contribution is 2.31. The standard InChI is InChI=1S/C24H25NO6S/c1-16-6-7-17(2)23(14-16)32(27,28)31-20-11-8-18(9-12-20)24(26)25(3)19-10-13-21(29-4)22(15-19)30-5/h6-15H,1-5H3. The van der Waals surface area contributed by atoms with Crippen molar-refractivity contribution >= 4 is 21.7 Å². The molecular formula is C24H25NO6S. The molecule has 0 radical (unpaired) electrons. The third kappa shape index (κ3) is 4.86. The van der Waals surface area contributed by atoms with Gasteiger partial charge in [0.2, 0.25) is 0 Å². The molecule has 8 heteroatoms. The van der Waals surface area contributed by atoms with Crippen LogP contribution in [0.2, 0.25) is 0 Å². The normalized spacial score (nSPS) is 11.0. The van der Waals surface area contributed by atoms with Crippen molar-refractivity contribution < 1.29 is 26.9 Å². The summed E-state index contributed by atoms with van der Waals surface area (Å²) in [5.41, 5.74) is 2.40. The van der Waals surface area contributed by atoms with Crippen molar-refractivity contribution in [3.63, 3.8) is 0 Å². The SMILES string of the molecule is COc1ccc(N(C)C(=O)c2ccc(OS(=O)(=O)c3cc(C)ccc3C)cc2)cc1OC. The zero-order chi connectivity index (χ0) is 23.5. The molecule has 3 aromatic carbocycles. The minimum Gasteiger partial charge on any atom is -0.493 e. The fourth-order valence-corrected chi connectivity index (χ4v) is 4.39. The lowest BCUT2D eigenvalue weighted by Crippen LogP contribution is -2.26. The topological polar surface area (TPSA) is 82.1 Å². The summed E-state index contributed by atoms with van der Waals surface area (Å²) >= 11 is 0. The number of nitrogens with zero attached hydrogens (tertiary/aromatic N) is 1. The van der Waals surface area contributed by atoms with E-state index in [0.717, 1.165) is 5.56 Å². The molecule has 0 aromatic heterocycles. The van der Waals surface area contributed by atoms with E-state index in [-0.39, 0.29) is 16.6 Å². The van der Waals surface area contributed by atoms with Gasteiger partial charge in [-0.25, -0.2) is 0 Å². The first-order valence-electron chi connectivity index (χ1n) is 9.78. The lowest BCUT2D eigenvalue weighted by molar-refractivity contribution is 0.0993. The molecule has 0 unspecified atom stereocenters. The summed E-state index contributed by atoms with van der Waals surface area (Å²) in [5.74, 6) is 0.908. The van der Waals surface area contributed by atoms with Crippen molar-refractivity contribution in [2.45, 2.75) is 18.7 Å². The predicted octanol–water partition coefficient (Wildman–Crippen LogP) is 4.36. The zero-order valence-electron chi connectivity index (χ0n) is 18.6. The Morgan fingerprint density at radius 1 is 0.844 bits per heavy atom. The van der Waals surface area contributed by atoms with Gasteiger partial charge in [0.1, 0.15) is 10.6 Å². The van der Waals surface area contributed by atoms with E-state index in [9.17, 15) is 13.2 Å². The molecule has 0 N–H and O–H groups in total. The number of ether oxygens (including phenoxy) is 2. The molecule has 1 amide bonds. The Hall–Kier alpha value is -3.52. The molecule has 0 heterocycles. The Morgan fingerprint density at radius 2 is 1.50 bits per heavy atom. The maximum absolute atomic E-state index is 12.9. The minimum absolute atomic E-state index is 0.117. The van der Waals surface area contributed by atoms with Crippen molar-refractivity contribution in [1.29, 1.82) is 0 Å². The largest absolute Gasteiger partial charge is 0.493 e. The number of methoxy groups -OCH3 is 2. The van der Waals surface area contributed by atoms with Gasteiger partial charge in [-0.3, -0.25) is 4.79 Å². The summed E-state index contributed by atoms with van der Waals surface area (Å²) in [5, 5.41) is 0. The summed E-state index contributed by atoms with van der Waals surface area (Å²) in [6, 6.07) is 16.3. The van der Waals surface area contributed by atoms with E-state index >= 15 is 0 Å². The van der Waals surface area contributed by atoms with Crippen LogP contribution in [0, 0.1) is 13.8 Å². The Labute approximate surface area is 188 Å². The monoisotopic (exact) mass is 455 g/mol. The van der Waals surface area contributed by atoms with E-state index < -0.39 is 10.1 Å². The number of rotatable bonds is 7. The molecular weight excluding hydrogens is 430 g/mol. The Morgan fingerprint density at radius 3 is 2.12 bits per heavy atom. The summed E-state index contributed by atoms with van der Waals surface area (Å²) in [4.78, 5) is 14.5. The summed E-state index contributed by atoms with van der Waals surface area (Å²) < 4.78 is 41.1. The molecule has 0 saturated carbocycles. The first-order valence-corrected chi connectivity index (χ1v) is 11.2. The van der Waals surface area contributed by atoms with Crippen molar-refractivity contribution in [1.82, 2.24) is 0 Å². The average Bonchev–Trinajstić information content (AvgIpc) is 2.79. The predicted molar refractivity (Wildman–Crippen MR) is 122 cm³/mol.